The van der Waals surface area contributed by atoms with Crippen LogP contribution in [-0.2, 0) is 21.8 Å². The largest absolute Gasteiger partial charge is 0.370 e. The average Bonchev–Trinajstić information content (AvgIpc) is 3.31. The number of halogens is 2. The number of rotatable bonds is 6. The van der Waals surface area contributed by atoms with Crippen LogP contribution in [0, 0.1) is 0 Å². The maximum Gasteiger partial charge on any atom is 0.250 e. The first kappa shape index (κ1) is 24.3. The number of sulfonamides is 1. The van der Waals surface area contributed by atoms with E-state index in [2.05, 4.69) is 25.0 Å². The Morgan fingerprint density at radius 1 is 1.45 bits per heavy atom. The van der Waals surface area contributed by atoms with E-state index in [1.165, 1.54) is 6.07 Å². The van der Waals surface area contributed by atoms with Gasteiger partial charge in [-0.2, -0.15) is 5.10 Å². The van der Waals surface area contributed by atoms with E-state index in [1.807, 2.05) is 13.2 Å². The van der Waals surface area contributed by atoms with Gasteiger partial charge in [0, 0.05) is 45.5 Å². The smallest absolute Gasteiger partial charge is 0.250 e. The zero-order valence-corrected chi connectivity index (χ0v) is 20.8. The number of hydrogen-bond donors (Lipinski definition) is 2. The molecule has 162 valence electrons. The van der Waals surface area contributed by atoms with Crippen molar-refractivity contribution in [3.8, 4) is 0 Å². The second kappa shape index (κ2) is 10.9. The summed E-state index contributed by atoms with van der Waals surface area (Å²) in [6.07, 6.45) is 3.66. The number of ether oxygens (including phenoxy) is 1. The standard InChI is InChI=1S/C16H23ClN6O3S2.HI/c1-18-16(19-5-6-21-28(24,25)15-4-3-14(17)27-15)23-7-8-26-13(11-23)12-9-20-22(2)10-12;/h3-4,9-10,13,21H,5-8,11H2,1-2H3,(H,18,19);1H. The molecule has 1 fully saturated rings. The first-order chi connectivity index (χ1) is 13.4. The molecular weight excluding hydrogens is 551 g/mol. The molecule has 2 aromatic rings. The lowest BCUT2D eigenvalue weighted by Gasteiger charge is -2.34. The van der Waals surface area contributed by atoms with Gasteiger partial charge < -0.3 is 15.0 Å². The maximum atomic E-state index is 12.2. The highest BCUT2D eigenvalue weighted by Crippen LogP contribution is 2.25. The fourth-order valence-electron chi connectivity index (χ4n) is 2.85. The summed E-state index contributed by atoms with van der Waals surface area (Å²) < 4.78 is 35.2. The SMILES string of the molecule is CN=C(NCCNS(=O)(=O)c1ccc(Cl)s1)N1CCOC(c2cnn(C)c2)C1.I. The van der Waals surface area contributed by atoms with Crippen molar-refractivity contribution in [2.45, 2.75) is 10.3 Å². The quantitative estimate of drug-likeness (QED) is 0.236. The van der Waals surface area contributed by atoms with Gasteiger partial charge in [0.15, 0.2) is 5.96 Å². The maximum absolute atomic E-state index is 12.2. The molecule has 0 spiro atoms. The minimum absolute atomic E-state index is 0. The molecular formula is C16H24ClIN6O3S2. The number of nitrogens with one attached hydrogen (secondary N) is 2. The zero-order valence-electron chi connectivity index (χ0n) is 16.0. The number of morpholine rings is 1. The number of nitrogens with zero attached hydrogens (tertiary/aromatic N) is 4. The number of thiophene rings is 1. The number of guanidine groups is 1. The van der Waals surface area contributed by atoms with E-state index in [-0.39, 0.29) is 40.8 Å². The summed E-state index contributed by atoms with van der Waals surface area (Å²) in [7, 11) is 0.0238. The minimum Gasteiger partial charge on any atom is -0.370 e. The molecule has 13 heteroatoms. The molecule has 1 aliphatic heterocycles. The van der Waals surface area contributed by atoms with Crippen molar-refractivity contribution in [1.82, 2.24) is 24.7 Å². The van der Waals surface area contributed by atoms with Crippen molar-refractivity contribution >= 4 is 62.9 Å². The second-order valence-corrected chi connectivity index (χ2v) is 9.89. The summed E-state index contributed by atoms with van der Waals surface area (Å²) in [6, 6.07) is 3.06. The monoisotopic (exact) mass is 574 g/mol. The lowest BCUT2D eigenvalue weighted by molar-refractivity contribution is -0.00800. The lowest BCUT2D eigenvalue weighted by Crippen LogP contribution is -2.49. The van der Waals surface area contributed by atoms with E-state index < -0.39 is 10.0 Å². The third-order valence-electron chi connectivity index (χ3n) is 4.19. The van der Waals surface area contributed by atoms with E-state index in [0.29, 0.717) is 36.5 Å². The fraction of sp³-hybridized carbons (Fsp3) is 0.500. The summed E-state index contributed by atoms with van der Waals surface area (Å²) in [5.74, 6) is 0.704. The van der Waals surface area contributed by atoms with Gasteiger partial charge in [-0.1, -0.05) is 11.6 Å². The van der Waals surface area contributed by atoms with Gasteiger partial charge in [-0.25, -0.2) is 13.1 Å². The van der Waals surface area contributed by atoms with Crippen LogP contribution in [0.1, 0.15) is 11.7 Å². The van der Waals surface area contributed by atoms with Gasteiger partial charge in [-0.15, -0.1) is 35.3 Å². The molecule has 0 bridgehead atoms. The van der Waals surface area contributed by atoms with Gasteiger partial charge in [0.2, 0.25) is 10.0 Å². The Labute approximate surface area is 196 Å². The van der Waals surface area contributed by atoms with Crippen molar-refractivity contribution in [2.24, 2.45) is 12.0 Å². The molecule has 0 amide bonds. The molecule has 3 rings (SSSR count). The Balaban J connectivity index is 0.00000300. The number of hydrogen-bond acceptors (Lipinski definition) is 6. The van der Waals surface area contributed by atoms with Gasteiger partial charge in [0.1, 0.15) is 10.3 Å². The third kappa shape index (κ3) is 6.52. The van der Waals surface area contributed by atoms with Crippen molar-refractivity contribution in [1.29, 1.82) is 0 Å². The predicted molar refractivity (Wildman–Crippen MR) is 125 cm³/mol. The average molecular weight is 575 g/mol. The summed E-state index contributed by atoms with van der Waals surface area (Å²) >= 11 is 6.84. The van der Waals surface area contributed by atoms with Crippen molar-refractivity contribution in [3.05, 3.63) is 34.4 Å². The van der Waals surface area contributed by atoms with Crippen LogP contribution in [-0.4, -0.2) is 68.9 Å². The molecule has 0 radical (unpaired) electrons. The number of aryl methyl sites for hydroxylation is 1. The Bertz CT molecular complexity index is 933. The van der Waals surface area contributed by atoms with Crippen LogP contribution in [0.15, 0.2) is 33.7 Å². The molecule has 0 aromatic carbocycles. The van der Waals surface area contributed by atoms with E-state index in [0.717, 1.165) is 16.9 Å². The molecule has 1 saturated heterocycles. The van der Waals surface area contributed by atoms with Gasteiger partial charge in [-0.05, 0) is 12.1 Å². The number of aliphatic imine (C=N–C) groups is 1. The van der Waals surface area contributed by atoms with Crippen LogP contribution in [0.5, 0.6) is 0 Å². The first-order valence-corrected chi connectivity index (χ1v) is 11.4. The van der Waals surface area contributed by atoms with E-state index >= 15 is 0 Å². The molecule has 1 aliphatic rings. The second-order valence-electron chi connectivity index (χ2n) is 6.18. The summed E-state index contributed by atoms with van der Waals surface area (Å²) in [5, 5.41) is 7.39. The zero-order chi connectivity index (χ0) is 20.1. The van der Waals surface area contributed by atoms with Crippen LogP contribution in [0.25, 0.3) is 0 Å². The minimum atomic E-state index is -3.55. The molecule has 2 aromatic heterocycles. The Kier molecular flexibility index (Phi) is 9.15. The van der Waals surface area contributed by atoms with Crippen LogP contribution >= 0.6 is 46.9 Å². The number of aromatic nitrogens is 2. The molecule has 0 aliphatic carbocycles. The third-order valence-corrected chi connectivity index (χ3v) is 7.37. The van der Waals surface area contributed by atoms with E-state index in [1.54, 1.807) is 24.0 Å². The molecule has 29 heavy (non-hydrogen) atoms. The topological polar surface area (TPSA) is 101 Å². The molecule has 1 atom stereocenters. The van der Waals surface area contributed by atoms with Crippen LogP contribution in [0.2, 0.25) is 4.34 Å². The van der Waals surface area contributed by atoms with Crippen LogP contribution in [0.4, 0.5) is 0 Å². The lowest BCUT2D eigenvalue weighted by atomic mass is 10.1. The normalized spacial score (nSPS) is 17.8. The molecule has 3 heterocycles. The Morgan fingerprint density at radius 2 is 2.24 bits per heavy atom. The van der Waals surface area contributed by atoms with Crippen molar-refractivity contribution < 1.29 is 13.2 Å². The van der Waals surface area contributed by atoms with Gasteiger partial charge in [0.25, 0.3) is 0 Å². The highest BCUT2D eigenvalue weighted by atomic mass is 127. The summed E-state index contributed by atoms with van der Waals surface area (Å²) in [4.78, 5) is 6.39. The van der Waals surface area contributed by atoms with Gasteiger partial charge in [-0.3, -0.25) is 9.67 Å². The molecule has 0 saturated carbocycles. The van der Waals surface area contributed by atoms with Gasteiger partial charge in [0.05, 0.1) is 23.7 Å². The summed E-state index contributed by atoms with van der Waals surface area (Å²) in [6.45, 7) is 2.56. The molecule has 2 N–H and O–H groups in total. The molecule has 9 nitrogen and oxygen atoms in total. The fourth-order valence-corrected chi connectivity index (χ4v) is 5.41. The highest BCUT2D eigenvalue weighted by Gasteiger charge is 2.25. The predicted octanol–water partition coefficient (Wildman–Crippen LogP) is 1.68. The van der Waals surface area contributed by atoms with Crippen LogP contribution in [0.3, 0.4) is 0 Å². The first-order valence-electron chi connectivity index (χ1n) is 8.70. The molecule has 1 unspecified atom stereocenters. The summed E-state index contributed by atoms with van der Waals surface area (Å²) in [5.41, 5.74) is 1.02. The highest BCUT2D eigenvalue weighted by molar-refractivity contribution is 14.0. The van der Waals surface area contributed by atoms with Crippen molar-refractivity contribution in [2.75, 3.05) is 39.8 Å². The van der Waals surface area contributed by atoms with Crippen molar-refractivity contribution in [3.63, 3.8) is 0 Å². The van der Waals surface area contributed by atoms with Crippen LogP contribution < -0.4 is 10.0 Å². The van der Waals surface area contributed by atoms with E-state index in [9.17, 15) is 8.42 Å². The van der Waals surface area contributed by atoms with Gasteiger partial charge >= 0.3 is 0 Å². The van der Waals surface area contributed by atoms with E-state index in [4.69, 9.17) is 16.3 Å². The Hall–Kier alpha value is -0.930. The Morgan fingerprint density at radius 3 is 2.86 bits per heavy atom.